The minimum absolute atomic E-state index is 0.0452. The summed E-state index contributed by atoms with van der Waals surface area (Å²) in [5, 5.41) is 9.43. The Morgan fingerprint density at radius 2 is 2.36 bits per heavy atom. The summed E-state index contributed by atoms with van der Waals surface area (Å²) in [6, 6.07) is 1.54. The maximum Gasteiger partial charge on any atom is 0.266 e. The highest BCUT2D eigenvalue weighted by molar-refractivity contribution is 7.80. The van der Waals surface area contributed by atoms with Crippen molar-refractivity contribution in [2.45, 2.75) is 13.5 Å². The number of nitrogens with one attached hydrogen (secondary N) is 3. The number of aromatic nitrogens is 2. The molecule has 0 amide bonds. The Balaban J connectivity index is 2.46. The van der Waals surface area contributed by atoms with Gasteiger partial charge in [-0.3, -0.25) is 14.6 Å². The largest absolute Gasteiger partial charge is 0.363 e. The molecule has 14 heavy (non-hydrogen) atoms. The van der Waals surface area contributed by atoms with Crippen molar-refractivity contribution < 1.29 is 0 Å². The quantitative estimate of drug-likeness (QED) is 0.604. The molecular weight excluding hydrogens is 200 g/mol. The summed E-state index contributed by atoms with van der Waals surface area (Å²) >= 11 is 4.97. The Kier molecular flexibility index (Phi) is 3.70. The number of nitrogens with zero attached hydrogens (tertiary/aromatic N) is 1. The van der Waals surface area contributed by atoms with Gasteiger partial charge in [-0.25, -0.2) is 0 Å². The summed E-state index contributed by atoms with van der Waals surface area (Å²) in [7, 11) is 1.68. The molecule has 1 rings (SSSR count). The number of aryl methyl sites for hydroxylation is 1. The molecule has 0 aromatic carbocycles. The smallest absolute Gasteiger partial charge is 0.266 e. The van der Waals surface area contributed by atoms with Crippen LogP contribution in [-0.2, 0) is 13.6 Å². The van der Waals surface area contributed by atoms with Crippen molar-refractivity contribution in [3.8, 4) is 0 Å². The number of hydrogen-bond donors (Lipinski definition) is 3. The average Bonchev–Trinajstić information content (AvgIpc) is 2.44. The third kappa shape index (κ3) is 2.88. The second kappa shape index (κ2) is 4.80. The topological polar surface area (TPSA) is 61.8 Å². The van der Waals surface area contributed by atoms with Crippen LogP contribution >= 0.6 is 12.2 Å². The Bertz CT molecular complexity index is 368. The molecule has 0 radical (unpaired) electrons. The van der Waals surface area contributed by atoms with Crippen LogP contribution in [0.5, 0.6) is 0 Å². The van der Waals surface area contributed by atoms with Crippen LogP contribution in [0.3, 0.4) is 0 Å². The highest BCUT2D eigenvalue weighted by Gasteiger charge is 1.99. The minimum atomic E-state index is -0.0452. The van der Waals surface area contributed by atoms with Crippen LogP contribution in [0.4, 0.5) is 0 Å². The van der Waals surface area contributed by atoms with Crippen LogP contribution in [0.1, 0.15) is 12.6 Å². The van der Waals surface area contributed by atoms with Crippen LogP contribution in [0, 0.1) is 0 Å². The van der Waals surface area contributed by atoms with E-state index in [4.69, 9.17) is 12.2 Å². The first-order valence-electron chi connectivity index (χ1n) is 4.40. The van der Waals surface area contributed by atoms with Crippen molar-refractivity contribution in [3.05, 3.63) is 22.1 Å². The molecule has 0 aliphatic heterocycles. The third-order valence-corrected chi connectivity index (χ3v) is 2.01. The second-order valence-corrected chi connectivity index (χ2v) is 3.30. The lowest BCUT2D eigenvalue weighted by molar-refractivity contribution is 0.709. The monoisotopic (exact) mass is 214 g/mol. The van der Waals surface area contributed by atoms with Gasteiger partial charge in [0.1, 0.15) is 0 Å². The lowest BCUT2D eigenvalue weighted by atomic mass is 10.4. The van der Waals surface area contributed by atoms with Gasteiger partial charge in [-0.1, -0.05) is 0 Å². The van der Waals surface area contributed by atoms with E-state index in [2.05, 4.69) is 15.7 Å². The molecule has 1 heterocycles. The molecule has 6 heteroatoms. The van der Waals surface area contributed by atoms with Crippen molar-refractivity contribution in [1.29, 1.82) is 0 Å². The standard InChI is InChI=1S/C8H14N4OS/c1-3-9-8(14)10-5-6-4-7(13)12(2)11-6/h4,11H,3,5H2,1-2H3,(H2,9,10,14). The number of aromatic amines is 1. The summed E-state index contributed by atoms with van der Waals surface area (Å²) in [6.07, 6.45) is 0. The van der Waals surface area contributed by atoms with E-state index in [9.17, 15) is 4.79 Å². The molecule has 0 unspecified atom stereocenters. The average molecular weight is 214 g/mol. The van der Waals surface area contributed by atoms with Crippen molar-refractivity contribution in [1.82, 2.24) is 20.4 Å². The fourth-order valence-corrected chi connectivity index (χ4v) is 1.25. The SMILES string of the molecule is CCNC(=S)NCc1cc(=O)n(C)[nH]1. The van der Waals surface area contributed by atoms with E-state index in [1.807, 2.05) is 6.92 Å². The van der Waals surface area contributed by atoms with Gasteiger partial charge in [0.05, 0.1) is 12.2 Å². The number of H-pyrrole nitrogens is 1. The number of thiocarbonyl (C=S) groups is 1. The number of hydrogen-bond acceptors (Lipinski definition) is 2. The van der Waals surface area contributed by atoms with Crippen molar-refractivity contribution in [2.24, 2.45) is 7.05 Å². The van der Waals surface area contributed by atoms with E-state index in [0.29, 0.717) is 11.7 Å². The molecule has 0 spiro atoms. The Hall–Kier alpha value is -1.30. The van der Waals surface area contributed by atoms with E-state index in [-0.39, 0.29) is 5.56 Å². The summed E-state index contributed by atoms with van der Waals surface area (Å²) in [5.41, 5.74) is 0.772. The summed E-state index contributed by atoms with van der Waals surface area (Å²) in [5.74, 6) is 0. The Morgan fingerprint density at radius 1 is 1.64 bits per heavy atom. The molecule has 0 aliphatic rings. The van der Waals surface area contributed by atoms with Gasteiger partial charge >= 0.3 is 0 Å². The fraction of sp³-hybridized carbons (Fsp3) is 0.500. The van der Waals surface area contributed by atoms with Crippen molar-refractivity contribution >= 4 is 17.3 Å². The van der Waals surface area contributed by atoms with E-state index < -0.39 is 0 Å². The van der Waals surface area contributed by atoms with Crippen LogP contribution < -0.4 is 16.2 Å². The molecule has 0 saturated carbocycles. The van der Waals surface area contributed by atoms with Gasteiger partial charge in [-0.2, -0.15) is 0 Å². The van der Waals surface area contributed by atoms with Crippen molar-refractivity contribution in [3.63, 3.8) is 0 Å². The molecule has 0 aliphatic carbocycles. The van der Waals surface area contributed by atoms with E-state index >= 15 is 0 Å². The van der Waals surface area contributed by atoms with Gasteiger partial charge in [0.25, 0.3) is 5.56 Å². The van der Waals surface area contributed by atoms with E-state index in [1.165, 1.54) is 4.68 Å². The molecule has 3 N–H and O–H groups in total. The first-order chi connectivity index (χ1) is 6.63. The molecule has 0 saturated heterocycles. The van der Waals surface area contributed by atoms with Crippen LogP contribution in [0.15, 0.2) is 10.9 Å². The normalized spacial score (nSPS) is 9.86. The predicted octanol–water partition coefficient (Wildman–Crippen LogP) is -0.303. The Morgan fingerprint density at radius 3 is 2.86 bits per heavy atom. The Labute approximate surface area is 87.5 Å². The molecule has 1 aromatic rings. The predicted molar refractivity (Wildman–Crippen MR) is 59.1 cm³/mol. The highest BCUT2D eigenvalue weighted by atomic mass is 32.1. The molecule has 0 fully saturated rings. The van der Waals surface area contributed by atoms with E-state index in [0.717, 1.165) is 12.2 Å². The van der Waals surface area contributed by atoms with Gasteiger partial charge in [-0.05, 0) is 19.1 Å². The summed E-state index contributed by atoms with van der Waals surface area (Å²) in [6.45, 7) is 3.29. The van der Waals surface area contributed by atoms with Gasteiger partial charge in [0, 0.05) is 19.7 Å². The van der Waals surface area contributed by atoms with Gasteiger partial charge in [0.15, 0.2) is 5.11 Å². The second-order valence-electron chi connectivity index (χ2n) is 2.89. The first kappa shape index (κ1) is 10.8. The fourth-order valence-electron chi connectivity index (χ4n) is 1.04. The van der Waals surface area contributed by atoms with Crippen LogP contribution in [0.25, 0.3) is 0 Å². The highest BCUT2D eigenvalue weighted by Crippen LogP contribution is 1.87. The lowest BCUT2D eigenvalue weighted by Gasteiger charge is -2.06. The summed E-state index contributed by atoms with van der Waals surface area (Å²) < 4.78 is 1.42. The van der Waals surface area contributed by atoms with Crippen molar-refractivity contribution in [2.75, 3.05) is 6.54 Å². The van der Waals surface area contributed by atoms with Gasteiger partial charge in [0.2, 0.25) is 0 Å². The molecule has 5 nitrogen and oxygen atoms in total. The van der Waals surface area contributed by atoms with Crippen LogP contribution in [0.2, 0.25) is 0 Å². The zero-order chi connectivity index (χ0) is 10.6. The first-order valence-corrected chi connectivity index (χ1v) is 4.81. The van der Waals surface area contributed by atoms with Gasteiger partial charge < -0.3 is 10.6 Å². The number of rotatable bonds is 3. The lowest BCUT2D eigenvalue weighted by Crippen LogP contribution is -2.34. The molecular formula is C8H14N4OS. The van der Waals surface area contributed by atoms with Gasteiger partial charge in [-0.15, -0.1) is 0 Å². The third-order valence-electron chi connectivity index (χ3n) is 1.72. The zero-order valence-corrected chi connectivity index (χ0v) is 9.07. The van der Waals surface area contributed by atoms with Crippen LogP contribution in [-0.4, -0.2) is 21.4 Å². The molecule has 0 bridgehead atoms. The molecule has 1 aromatic heterocycles. The maximum absolute atomic E-state index is 11.1. The zero-order valence-electron chi connectivity index (χ0n) is 8.26. The maximum atomic E-state index is 11.1. The molecule has 0 atom stereocenters. The minimum Gasteiger partial charge on any atom is -0.363 e. The van der Waals surface area contributed by atoms with E-state index in [1.54, 1.807) is 13.1 Å². The molecule has 78 valence electrons. The summed E-state index contributed by atoms with van der Waals surface area (Å²) in [4.78, 5) is 11.1.